The maximum atomic E-state index is 12.2. The second kappa shape index (κ2) is 5.68. The van der Waals surface area contributed by atoms with Gasteiger partial charge in [-0.2, -0.15) is 0 Å². The number of carbonyl (C=O) groups excluding carboxylic acids is 1. The number of carbonyl (C=O) groups is 1. The highest BCUT2D eigenvalue weighted by Crippen LogP contribution is 2.18. The number of hydrogen-bond donors (Lipinski definition) is 3. The predicted octanol–water partition coefficient (Wildman–Crippen LogP) is 0.417. The number of amides is 1. The maximum absolute atomic E-state index is 12.2. The van der Waals surface area contributed by atoms with E-state index in [1.807, 2.05) is 0 Å². The van der Waals surface area contributed by atoms with E-state index >= 15 is 0 Å². The third-order valence-electron chi connectivity index (χ3n) is 2.98. The van der Waals surface area contributed by atoms with Crippen molar-refractivity contribution in [1.29, 1.82) is 0 Å². The fourth-order valence-electron chi connectivity index (χ4n) is 1.88. The Morgan fingerprint density at radius 2 is 2.05 bits per heavy atom. The van der Waals surface area contributed by atoms with Crippen molar-refractivity contribution in [3.63, 3.8) is 0 Å². The second-order valence-electron chi connectivity index (χ2n) is 4.49. The third-order valence-corrected chi connectivity index (χ3v) is 3.86. The molecule has 2 rings (SSSR count). The number of aromatic nitrogens is 1. The monoisotopic (exact) mass is 309 g/mol. The summed E-state index contributed by atoms with van der Waals surface area (Å²) in [5.41, 5.74) is 1.17. The van der Waals surface area contributed by atoms with Gasteiger partial charge in [0, 0.05) is 24.5 Å². The van der Waals surface area contributed by atoms with Gasteiger partial charge < -0.3 is 15.0 Å². The number of benzene rings is 1. The molecule has 0 atom stereocenters. The first kappa shape index (κ1) is 15.2. The zero-order chi connectivity index (χ0) is 15.6. The molecule has 7 nitrogen and oxygen atoms in total. The van der Waals surface area contributed by atoms with Gasteiger partial charge in [0.25, 0.3) is 5.91 Å². The summed E-state index contributed by atoms with van der Waals surface area (Å²) in [6.45, 7) is -0.216. The highest BCUT2D eigenvalue weighted by molar-refractivity contribution is 7.89. The molecule has 1 heterocycles. The van der Waals surface area contributed by atoms with E-state index in [9.17, 15) is 18.3 Å². The number of nitrogens with one attached hydrogen (secondary N) is 1. The van der Waals surface area contributed by atoms with Gasteiger partial charge in [-0.25, -0.2) is 13.6 Å². The summed E-state index contributed by atoms with van der Waals surface area (Å²) in [5.74, 6) is -0.492. The van der Waals surface area contributed by atoms with Gasteiger partial charge >= 0.3 is 0 Å². The molecule has 0 bridgehead atoms. The van der Waals surface area contributed by atoms with Crippen molar-refractivity contribution in [2.75, 3.05) is 5.32 Å². The minimum atomic E-state index is -3.86. The summed E-state index contributed by atoms with van der Waals surface area (Å²) in [4.78, 5) is 12.1. The first-order valence-corrected chi connectivity index (χ1v) is 7.57. The van der Waals surface area contributed by atoms with Crippen LogP contribution in [0.4, 0.5) is 5.69 Å². The van der Waals surface area contributed by atoms with E-state index in [1.54, 1.807) is 31.3 Å². The SMILES string of the molecule is Cn1cc(S(N)(=O)=O)cc1C(=O)Nc1ccccc1CO. The van der Waals surface area contributed by atoms with E-state index in [1.165, 1.54) is 16.8 Å². The fraction of sp³-hybridized carbons (Fsp3) is 0.154. The summed E-state index contributed by atoms with van der Waals surface area (Å²) in [5, 5.41) is 16.9. The molecule has 4 N–H and O–H groups in total. The van der Waals surface area contributed by atoms with Crippen molar-refractivity contribution in [3.8, 4) is 0 Å². The summed E-state index contributed by atoms with van der Waals surface area (Å²) in [7, 11) is -2.32. The number of aliphatic hydroxyl groups excluding tert-OH is 1. The molecule has 0 aliphatic carbocycles. The Morgan fingerprint density at radius 1 is 1.38 bits per heavy atom. The number of rotatable bonds is 4. The number of nitrogens with zero attached hydrogens (tertiary/aromatic N) is 1. The van der Waals surface area contributed by atoms with Gasteiger partial charge in [0.05, 0.1) is 6.61 Å². The highest BCUT2D eigenvalue weighted by Gasteiger charge is 2.18. The number of primary sulfonamides is 1. The molecule has 0 saturated heterocycles. The van der Waals surface area contributed by atoms with Crippen molar-refractivity contribution in [2.45, 2.75) is 11.5 Å². The summed E-state index contributed by atoms with van der Waals surface area (Å²) < 4.78 is 23.9. The largest absolute Gasteiger partial charge is 0.392 e. The van der Waals surface area contributed by atoms with Crippen molar-refractivity contribution in [1.82, 2.24) is 4.57 Å². The Bertz CT molecular complexity index is 780. The Balaban J connectivity index is 2.31. The number of sulfonamides is 1. The lowest BCUT2D eigenvalue weighted by Gasteiger charge is -2.09. The van der Waals surface area contributed by atoms with Gasteiger partial charge in [-0.1, -0.05) is 18.2 Å². The maximum Gasteiger partial charge on any atom is 0.272 e. The molecule has 1 amide bonds. The molecule has 1 aromatic heterocycles. The molecule has 8 heteroatoms. The molecular weight excluding hydrogens is 294 g/mol. The Morgan fingerprint density at radius 3 is 2.62 bits per heavy atom. The van der Waals surface area contributed by atoms with Crippen LogP contribution in [0.1, 0.15) is 16.1 Å². The topological polar surface area (TPSA) is 114 Å². The Labute approximate surface area is 122 Å². The van der Waals surface area contributed by atoms with Crippen molar-refractivity contribution in [3.05, 3.63) is 47.8 Å². The summed E-state index contributed by atoms with van der Waals surface area (Å²) in [6.07, 6.45) is 1.27. The zero-order valence-electron chi connectivity index (χ0n) is 11.3. The summed E-state index contributed by atoms with van der Waals surface area (Å²) in [6, 6.07) is 7.98. The average Bonchev–Trinajstić information content (AvgIpc) is 2.81. The quantitative estimate of drug-likeness (QED) is 0.759. The first-order valence-electron chi connectivity index (χ1n) is 6.02. The minimum Gasteiger partial charge on any atom is -0.392 e. The predicted molar refractivity (Wildman–Crippen MR) is 77.1 cm³/mol. The van der Waals surface area contributed by atoms with Crippen LogP contribution in [0.5, 0.6) is 0 Å². The lowest BCUT2D eigenvalue weighted by atomic mass is 10.2. The normalized spacial score (nSPS) is 11.4. The number of anilines is 1. The second-order valence-corrected chi connectivity index (χ2v) is 6.05. The van der Waals surface area contributed by atoms with Crippen LogP contribution in [-0.4, -0.2) is 24.0 Å². The number of nitrogens with two attached hydrogens (primary N) is 1. The number of para-hydroxylation sites is 1. The van der Waals surface area contributed by atoms with Crippen LogP contribution in [0.25, 0.3) is 0 Å². The van der Waals surface area contributed by atoms with E-state index in [0.717, 1.165) is 0 Å². The third kappa shape index (κ3) is 3.30. The fourth-order valence-corrected chi connectivity index (χ4v) is 2.46. The number of aliphatic hydroxyl groups is 1. The molecule has 112 valence electrons. The molecule has 0 radical (unpaired) electrons. The smallest absolute Gasteiger partial charge is 0.272 e. The molecular formula is C13H15N3O4S. The van der Waals surface area contributed by atoms with Crippen LogP contribution in [-0.2, 0) is 23.7 Å². The van der Waals surface area contributed by atoms with E-state index < -0.39 is 15.9 Å². The average molecular weight is 309 g/mol. The highest BCUT2D eigenvalue weighted by atomic mass is 32.2. The summed E-state index contributed by atoms with van der Waals surface area (Å²) >= 11 is 0. The molecule has 21 heavy (non-hydrogen) atoms. The molecule has 0 spiro atoms. The van der Waals surface area contributed by atoms with Crippen LogP contribution in [0.2, 0.25) is 0 Å². The van der Waals surface area contributed by atoms with Gasteiger partial charge in [0.2, 0.25) is 10.0 Å². The number of aryl methyl sites for hydroxylation is 1. The van der Waals surface area contributed by atoms with Gasteiger partial charge in [0.15, 0.2) is 0 Å². The van der Waals surface area contributed by atoms with Crippen LogP contribution in [0.3, 0.4) is 0 Å². The molecule has 0 fully saturated rings. The van der Waals surface area contributed by atoms with Crippen LogP contribution in [0.15, 0.2) is 41.4 Å². The molecule has 1 aromatic carbocycles. The van der Waals surface area contributed by atoms with Gasteiger partial charge in [0.1, 0.15) is 10.6 Å². The van der Waals surface area contributed by atoms with Gasteiger partial charge in [-0.3, -0.25) is 4.79 Å². The van der Waals surface area contributed by atoms with E-state index in [2.05, 4.69) is 5.32 Å². The van der Waals surface area contributed by atoms with Gasteiger partial charge in [-0.05, 0) is 12.1 Å². The van der Waals surface area contributed by atoms with E-state index in [4.69, 9.17) is 5.14 Å². The van der Waals surface area contributed by atoms with Crippen molar-refractivity contribution < 1.29 is 18.3 Å². The molecule has 0 aliphatic heterocycles. The Hall–Kier alpha value is -2.16. The van der Waals surface area contributed by atoms with Crippen LogP contribution in [0, 0.1) is 0 Å². The standard InChI is InChI=1S/C13H15N3O4S/c1-16-7-10(21(14,19)20)6-12(16)13(18)15-11-5-3-2-4-9(11)8-17/h2-7,17H,8H2,1H3,(H,15,18)(H2,14,19,20). The van der Waals surface area contributed by atoms with E-state index in [-0.39, 0.29) is 17.2 Å². The van der Waals surface area contributed by atoms with Crippen LogP contribution >= 0.6 is 0 Å². The zero-order valence-corrected chi connectivity index (χ0v) is 12.1. The van der Waals surface area contributed by atoms with Gasteiger partial charge in [-0.15, -0.1) is 0 Å². The minimum absolute atomic E-state index is 0.134. The van der Waals surface area contributed by atoms with Crippen LogP contribution < -0.4 is 10.5 Å². The molecule has 0 saturated carbocycles. The van der Waals surface area contributed by atoms with Crippen molar-refractivity contribution >= 4 is 21.6 Å². The number of hydrogen-bond acceptors (Lipinski definition) is 4. The first-order chi connectivity index (χ1) is 9.82. The Kier molecular flexibility index (Phi) is 4.12. The van der Waals surface area contributed by atoms with Crippen molar-refractivity contribution in [2.24, 2.45) is 12.2 Å². The molecule has 2 aromatic rings. The molecule has 0 aliphatic rings. The molecule has 0 unspecified atom stereocenters. The van der Waals surface area contributed by atoms with E-state index in [0.29, 0.717) is 11.3 Å². The lowest BCUT2D eigenvalue weighted by molar-refractivity contribution is 0.101. The lowest BCUT2D eigenvalue weighted by Crippen LogP contribution is -2.16.